The predicted octanol–water partition coefficient (Wildman–Crippen LogP) is 0.0376. The van der Waals surface area contributed by atoms with Crippen LogP contribution in [0.1, 0.15) is 20.3 Å². The predicted molar refractivity (Wildman–Crippen MR) is 59.0 cm³/mol. The molecule has 0 saturated heterocycles. The van der Waals surface area contributed by atoms with Crippen LogP contribution in [0.15, 0.2) is 0 Å². The van der Waals surface area contributed by atoms with Gasteiger partial charge in [0.25, 0.3) is 0 Å². The van der Waals surface area contributed by atoms with Gasteiger partial charge in [-0.05, 0) is 26.4 Å². The number of hydrogen-bond acceptors (Lipinski definition) is 3. The van der Waals surface area contributed by atoms with E-state index in [2.05, 4.69) is 24.1 Å². The summed E-state index contributed by atoms with van der Waals surface area (Å²) >= 11 is 0. The first-order valence-corrected chi connectivity index (χ1v) is 5.09. The van der Waals surface area contributed by atoms with Crippen molar-refractivity contribution in [3.63, 3.8) is 0 Å². The molecule has 0 heterocycles. The lowest BCUT2D eigenvalue weighted by Gasteiger charge is -2.23. The molecule has 0 rings (SSSR count). The number of carbonyl (C=O) groups excluding carboxylic acids is 1. The molecule has 0 radical (unpaired) electrons. The summed E-state index contributed by atoms with van der Waals surface area (Å²) in [4.78, 5) is 13.2. The Balaban J connectivity index is 4.03. The summed E-state index contributed by atoms with van der Waals surface area (Å²) in [6.07, 6.45) is 0.990. The van der Waals surface area contributed by atoms with Gasteiger partial charge in [-0.15, -0.1) is 0 Å². The molecule has 0 fully saturated rings. The lowest BCUT2D eigenvalue weighted by Crippen LogP contribution is -2.44. The number of likely N-dealkylation sites (N-methyl/N-ethyl adjacent to an activating group) is 1. The van der Waals surface area contributed by atoms with Gasteiger partial charge >= 0.3 is 0 Å². The van der Waals surface area contributed by atoms with Crippen LogP contribution in [-0.4, -0.2) is 44.0 Å². The third-order valence-electron chi connectivity index (χ3n) is 1.89. The highest BCUT2D eigenvalue weighted by atomic mass is 16.1. The zero-order valence-corrected chi connectivity index (χ0v) is 9.71. The Bertz CT molecular complexity index is 159. The number of nitrogens with one attached hydrogen (secondary N) is 1. The second-order valence-electron chi connectivity index (χ2n) is 4.36. The average molecular weight is 201 g/mol. The molecular weight excluding hydrogens is 178 g/mol. The maximum Gasteiger partial charge on any atom is 0.233 e. The van der Waals surface area contributed by atoms with Gasteiger partial charge < -0.3 is 16.0 Å². The summed E-state index contributed by atoms with van der Waals surface area (Å²) in [5.74, 6) is 0.510. The van der Waals surface area contributed by atoms with Crippen molar-refractivity contribution in [2.75, 3.05) is 27.2 Å². The van der Waals surface area contributed by atoms with Crippen LogP contribution in [0.4, 0.5) is 0 Å². The van der Waals surface area contributed by atoms with Crippen LogP contribution in [0, 0.1) is 5.92 Å². The normalized spacial score (nSPS) is 13.4. The highest BCUT2D eigenvalue weighted by molar-refractivity contribution is 5.78. The standard InChI is InChI=1S/C10H23N3O/c1-8(2)5-9(7-13(3)4)12-10(14)6-11/h8-9H,5-7,11H2,1-4H3,(H,12,14). The number of nitrogens with zero attached hydrogens (tertiary/aromatic N) is 1. The highest BCUT2D eigenvalue weighted by Crippen LogP contribution is 2.05. The van der Waals surface area contributed by atoms with E-state index in [0.29, 0.717) is 5.92 Å². The molecule has 0 bridgehead atoms. The molecule has 0 aliphatic rings. The number of nitrogens with two attached hydrogens (primary N) is 1. The van der Waals surface area contributed by atoms with Crippen LogP contribution in [0.2, 0.25) is 0 Å². The Morgan fingerprint density at radius 2 is 2.00 bits per heavy atom. The van der Waals surface area contributed by atoms with E-state index in [4.69, 9.17) is 5.73 Å². The topological polar surface area (TPSA) is 58.4 Å². The molecule has 0 aromatic heterocycles. The van der Waals surface area contributed by atoms with Gasteiger partial charge in [-0.2, -0.15) is 0 Å². The summed E-state index contributed by atoms with van der Waals surface area (Å²) in [6, 6.07) is 0.209. The van der Waals surface area contributed by atoms with Crippen molar-refractivity contribution in [2.45, 2.75) is 26.3 Å². The van der Waals surface area contributed by atoms with Crippen LogP contribution < -0.4 is 11.1 Å². The van der Waals surface area contributed by atoms with E-state index >= 15 is 0 Å². The quantitative estimate of drug-likeness (QED) is 0.638. The van der Waals surface area contributed by atoms with Crippen LogP contribution >= 0.6 is 0 Å². The molecule has 84 valence electrons. The first-order valence-electron chi connectivity index (χ1n) is 5.09. The summed E-state index contributed by atoms with van der Waals surface area (Å²) in [6.45, 7) is 5.24. The van der Waals surface area contributed by atoms with Gasteiger partial charge in [0.2, 0.25) is 5.91 Å². The van der Waals surface area contributed by atoms with Gasteiger partial charge in [-0.1, -0.05) is 13.8 Å². The second-order valence-corrected chi connectivity index (χ2v) is 4.36. The summed E-state index contributed by atoms with van der Waals surface area (Å²) < 4.78 is 0. The first-order chi connectivity index (χ1) is 6.45. The molecule has 0 spiro atoms. The largest absolute Gasteiger partial charge is 0.351 e. The zero-order chi connectivity index (χ0) is 11.1. The van der Waals surface area contributed by atoms with Crippen LogP contribution in [0.5, 0.6) is 0 Å². The van der Waals surface area contributed by atoms with E-state index in [0.717, 1.165) is 13.0 Å². The van der Waals surface area contributed by atoms with Crippen molar-refractivity contribution in [1.82, 2.24) is 10.2 Å². The molecule has 0 saturated carbocycles. The molecule has 4 nitrogen and oxygen atoms in total. The van der Waals surface area contributed by atoms with Crippen molar-refractivity contribution in [3.8, 4) is 0 Å². The van der Waals surface area contributed by atoms with Crippen LogP contribution in [0.3, 0.4) is 0 Å². The molecule has 1 atom stereocenters. The lowest BCUT2D eigenvalue weighted by atomic mass is 10.0. The molecule has 1 amide bonds. The van der Waals surface area contributed by atoms with Gasteiger partial charge in [0.05, 0.1) is 6.54 Å². The molecule has 14 heavy (non-hydrogen) atoms. The highest BCUT2D eigenvalue weighted by Gasteiger charge is 2.13. The van der Waals surface area contributed by atoms with Crippen molar-refractivity contribution in [2.24, 2.45) is 11.7 Å². The van der Waals surface area contributed by atoms with E-state index in [1.807, 2.05) is 14.1 Å². The Morgan fingerprint density at radius 3 is 2.36 bits per heavy atom. The van der Waals surface area contributed by atoms with Gasteiger partial charge in [-0.25, -0.2) is 0 Å². The number of amides is 1. The Kier molecular flexibility index (Phi) is 6.49. The summed E-state index contributed by atoms with van der Waals surface area (Å²) in [5.41, 5.74) is 5.26. The van der Waals surface area contributed by atoms with Gasteiger partial charge in [0.15, 0.2) is 0 Å². The van der Waals surface area contributed by atoms with Crippen molar-refractivity contribution in [1.29, 1.82) is 0 Å². The van der Waals surface area contributed by atoms with Gasteiger partial charge in [0.1, 0.15) is 0 Å². The Labute approximate surface area is 86.8 Å². The SMILES string of the molecule is CC(C)CC(CN(C)C)NC(=O)CN. The zero-order valence-electron chi connectivity index (χ0n) is 9.71. The number of rotatable bonds is 6. The van der Waals surface area contributed by atoms with E-state index < -0.39 is 0 Å². The minimum atomic E-state index is -0.0718. The summed E-state index contributed by atoms with van der Waals surface area (Å²) in [5, 5.41) is 2.92. The average Bonchev–Trinajstić information content (AvgIpc) is 2.01. The van der Waals surface area contributed by atoms with E-state index in [-0.39, 0.29) is 18.5 Å². The van der Waals surface area contributed by atoms with E-state index in [1.165, 1.54) is 0 Å². The third-order valence-corrected chi connectivity index (χ3v) is 1.89. The molecule has 0 aromatic carbocycles. The second kappa shape index (κ2) is 6.79. The van der Waals surface area contributed by atoms with Crippen LogP contribution in [-0.2, 0) is 4.79 Å². The van der Waals surface area contributed by atoms with Gasteiger partial charge in [-0.3, -0.25) is 4.79 Å². The van der Waals surface area contributed by atoms with Crippen LogP contribution in [0.25, 0.3) is 0 Å². The monoisotopic (exact) mass is 201 g/mol. The van der Waals surface area contributed by atoms with Crippen molar-refractivity contribution in [3.05, 3.63) is 0 Å². The minimum absolute atomic E-state index is 0.0715. The lowest BCUT2D eigenvalue weighted by molar-refractivity contribution is -0.120. The Hall–Kier alpha value is -0.610. The molecule has 0 aromatic rings. The van der Waals surface area contributed by atoms with E-state index in [9.17, 15) is 4.79 Å². The maximum atomic E-state index is 11.1. The molecule has 0 aliphatic heterocycles. The van der Waals surface area contributed by atoms with E-state index in [1.54, 1.807) is 0 Å². The maximum absolute atomic E-state index is 11.1. The third kappa shape index (κ3) is 6.86. The number of hydrogen-bond donors (Lipinski definition) is 2. The minimum Gasteiger partial charge on any atom is -0.351 e. The Morgan fingerprint density at radius 1 is 1.43 bits per heavy atom. The summed E-state index contributed by atoms with van der Waals surface area (Å²) in [7, 11) is 4.00. The van der Waals surface area contributed by atoms with Gasteiger partial charge in [0, 0.05) is 12.6 Å². The molecule has 0 aliphatic carbocycles. The van der Waals surface area contributed by atoms with Crippen molar-refractivity contribution < 1.29 is 4.79 Å². The first kappa shape index (κ1) is 13.4. The smallest absolute Gasteiger partial charge is 0.233 e. The molecule has 3 N–H and O–H groups in total. The molecular formula is C10H23N3O. The fourth-order valence-electron chi connectivity index (χ4n) is 1.48. The molecule has 1 unspecified atom stereocenters. The fourth-order valence-corrected chi connectivity index (χ4v) is 1.48. The molecule has 4 heteroatoms. The fraction of sp³-hybridized carbons (Fsp3) is 0.900. The van der Waals surface area contributed by atoms with Crippen molar-refractivity contribution >= 4 is 5.91 Å². The number of carbonyl (C=O) groups is 1.